The largest absolute Gasteiger partial charge is 0.326 e. The molecule has 1 aromatic carbocycles. The van der Waals surface area contributed by atoms with Crippen LogP contribution < -0.4 is 11.1 Å². The first-order valence-electron chi connectivity index (χ1n) is 5.83. The Morgan fingerprint density at radius 2 is 2.21 bits per heavy atom. The molecule has 0 saturated heterocycles. The molecule has 0 saturated carbocycles. The predicted octanol–water partition coefficient (Wildman–Crippen LogP) is 2.24. The molecule has 19 heavy (non-hydrogen) atoms. The molecule has 1 heterocycles. The Morgan fingerprint density at radius 3 is 2.89 bits per heavy atom. The molecule has 1 amide bonds. The van der Waals surface area contributed by atoms with Gasteiger partial charge in [0.1, 0.15) is 11.5 Å². The van der Waals surface area contributed by atoms with Crippen LogP contribution in [0.4, 0.5) is 10.1 Å². The average molecular weight is 259 g/mol. The van der Waals surface area contributed by atoms with Crippen LogP contribution in [0.15, 0.2) is 36.5 Å². The van der Waals surface area contributed by atoms with Crippen LogP contribution in [0.5, 0.6) is 0 Å². The first-order chi connectivity index (χ1) is 9.11. The zero-order valence-corrected chi connectivity index (χ0v) is 10.5. The number of hydrogen-bond acceptors (Lipinski definition) is 3. The number of pyridine rings is 1. The fourth-order valence-corrected chi connectivity index (χ4v) is 1.72. The minimum absolute atomic E-state index is 0.0815. The number of rotatable bonds is 3. The summed E-state index contributed by atoms with van der Waals surface area (Å²) < 4.78 is 13.3. The Kier molecular flexibility index (Phi) is 3.87. The topological polar surface area (TPSA) is 68.0 Å². The van der Waals surface area contributed by atoms with Gasteiger partial charge in [-0.05, 0) is 36.8 Å². The lowest BCUT2D eigenvalue weighted by atomic mass is 10.1. The summed E-state index contributed by atoms with van der Waals surface area (Å²) in [7, 11) is 0. The molecule has 2 aromatic rings. The minimum atomic E-state index is -0.380. The summed E-state index contributed by atoms with van der Waals surface area (Å²) in [5.74, 6) is -0.706. The van der Waals surface area contributed by atoms with Crippen LogP contribution in [-0.4, -0.2) is 10.9 Å². The Morgan fingerprint density at radius 1 is 1.42 bits per heavy atom. The molecule has 0 radical (unpaired) electrons. The highest BCUT2D eigenvalue weighted by atomic mass is 19.1. The lowest BCUT2D eigenvalue weighted by Gasteiger charge is -2.08. The van der Waals surface area contributed by atoms with Gasteiger partial charge in [0.05, 0.1) is 0 Å². The van der Waals surface area contributed by atoms with Gasteiger partial charge in [-0.25, -0.2) is 4.39 Å². The monoisotopic (exact) mass is 259 g/mol. The molecule has 4 nitrogen and oxygen atoms in total. The molecule has 1 aromatic heterocycles. The minimum Gasteiger partial charge on any atom is -0.326 e. The van der Waals surface area contributed by atoms with E-state index < -0.39 is 0 Å². The quantitative estimate of drug-likeness (QED) is 0.888. The number of aryl methyl sites for hydroxylation is 1. The van der Waals surface area contributed by atoms with Gasteiger partial charge in [-0.2, -0.15) is 0 Å². The lowest BCUT2D eigenvalue weighted by molar-refractivity contribution is 0.102. The third-order valence-corrected chi connectivity index (χ3v) is 2.75. The fourth-order valence-electron chi connectivity index (χ4n) is 1.72. The van der Waals surface area contributed by atoms with E-state index in [4.69, 9.17) is 5.73 Å². The van der Waals surface area contributed by atoms with E-state index >= 15 is 0 Å². The molecule has 2 rings (SSSR count). The van der Waals surface area contributed by atoms with Gasteiger partial charge in [-0.3, -0.25) is 9.78 Å². The predicted molar refractivity (Wildman–Crippen MR) is 71.2 cm³/mol. The van der Waals surface area contributed by atoms with E-state index in [0.717, 1.165) is 5.56 Å². The smallest absolute Gasteiger partial charge is 0.274 e. The number of halogens is 1. The van der Waals surface area contributed by atoms with Gasteiger partial charge in [0.25, 0.3) is 5.91 Å². The summed E-state index contributed by atoms with van der Waals surface area (Å²) in [6, 6.07) is 7.85. The van der Waals surface area contributed by atoms with Crippen LogP contribution in [0.2, 0.25) is 0 Å². The number of carbonyl (C=O) groups excluding carboxylic acids is 1. The summed E-state index contributed by atoms with van der Waals surface area (Å²) in [5.41, 5.74) is 7.40. The molecule has 0 aliphatic carbocycles. The average Bonchev–Trinajstić information content (AvgIpc) is 2.41. The van der Waals surface area contributed by atoms with E-state index in [9.17, 15) is 9.18 Å². The van der Waals surface area contributed by atoms with Crippen LogP contribution in [0, 0.1) is 12.7 Å². The van der Waals surface area contributed by atoms with Crippen molar-refractivity contribution in [3.63, 3.8) is 0 Å². The molecule has 0 atom stereocenters. The zero-order chi connectivity index (χ0) is 13.8. The van der Waals surface area contributed by atoms with Crippen molar-refractivity contribution in [1.29, 1.82) is 0 Å². The van der Waals surface area contributed by atoms with Crippen LogP contribution in [-0.2, 0) is 6.54 Å². The van der Waals surface area contributed by atoms with E-state index in [1.165, 1.54) is 18.2 Å². The van der Waals surface area contributed by atoms with Crippen molar-refractivity contribution in [2.75, 3.05) is 5.32 Å². The summed E-state index contributed by atoms with van der Waals surface area (Å²) in [6.45, 7) is 1.88. The van der Waals surface area contributed by atoms with Crippen LogP contribution in [0.25, 0.3) is 0 Å². The molecule has 0 aliphatic heterocycles. The van der Waals surface area contributed by atoms with E-state index in [2.05, 4.69) is 10.3 Å². The Hall–Kier alpha value is -2.27. The number of nitrogens with two attached hydrogens (primary N) is 1. The third-order valence-electron chi connectivity index (χ3n) is 2.75. The Balaban J connectivity index is 2.22. The van der Waals surface area contributed by atoms with Crippen molar-refractivity contribution in [2.45, 2.75) is 13.5 Å². The molecule has 3 N–H and O–H groups in total. The maximum Gasteiger partial charge on any atom is 0.274 e. The van der Waals surface area contributed by atoms with Crippen LogP contribution in [0.3, 0.4) is 0 Å². The number of anilines is 1. The number of nitrogens with zero attached hydrogens (tertiary/aromatic N) is 1. The van der Waals surface area contributed by atoms with Gasteiger partial charge in [-0.1, -0.05) is 6.07 Å². The van der Waals surface area contributed by atoms with Crippen LogP contribution in [0.1, 0.15) is 21.6 Å². The van der Waals surface area contributed by atoms with E-state index in [0.29, 0.717) is 16.9 Å². The van der Waals surface area contributed by atoms with Gasteiger partial charge in [-0.15, -0.1) is 0 Å². The number of nitrogens with one attached hydrogen (secondary N) is 1. The van der Waals surface area contributed by atoms with Crippen molar-refractivity contribution in [1.82, 2.24) is 4.98 Å². The second kappa shape index (κ2) is 5.58. The summed E-state index contributed by atoms with van der Waals surface area (Å²) >= 11 is 0. The van der Waals surface area contributed by atoms with Gasteiger partial charge >= 0.3 is 0 Å². The number of hydrogen-bond donors (Lipinski definition) is 2. The van der Waals surface area contributed by atoms with E-state index in [-0.39, 0.29) is 18.3 Å². The number of carbonyl (C=O) groups is 1. The first-order valence-corrected chi connectivity index (χ1v) is 5.83. The van der Waals surface area contributed by atoms with Gasteiger partial charge in [0.15, 0.2) is 0 Å². The van der Waals surface area contributed by atoms with Gasteiger partial charge < -0.3 is 11.1 Å². The SMILES string of the molecule is Cc1cccnc1C(=O)Nc1ccc(F)c(CN)c1. The number of aromatic nitrogens is 1. The Labute approximate surface area is 110 Å². The number of amides is 1. The van der Waals surface area contributed by atoms with Crippen molar-refractivity contribution >= 4 is 11.6 Å². The standard InChI is InChI=1S/C14H14FN3O/c1-9-3-2-6-17-13(9)14(19)18-11-4-5-12(15)10(7-11)8-16/h2-7H,8,16H2,1H3,(H,18,19). The first kappa shape index (κ1) is 13.2. The van der Waals surface area contributed by atoms with Crippen molar-refractivity contribution in [3.8, 4) is 0 Å². The van der Waals surface area contributed by atoms with Crippen molar-refractivity contribution in [2.24, 2.45) is 5.73 Å². The second-order valence-electron chi connectivity index (χ2n) is 4.13. The molecule has 0 fully saturated rings. The van der Waals surface area contributed by atoms with E-state index in [1.54, 1.807) is 25.3 Å². The molecule has 5 heteroatoms. The summed E-state index contributed by atoms with van der Waals surface area (Å²) in [6.07, 6.45) is 1.55. The zero-order valence-electron chi connectivity index (χ0n) is 10.5. The molecule has 0 spiro atoms. The molecule has 0 bridgehead atoms. The highest BCUT2D eigenvalue weighted by molar-refractivity contribution is 6.03. The summed E-state index contributed by atoms with van der Waals surface area (Å²) in [5, 5.41) is 2.68. The molecule has 98 valence electrons. The maximum atomic E-state index is 13.3. The normalized spacial score (nSPS) is 10.3. The van der Waals surface area contributed by atoms with Gasteiger partial charge in [0, 0.05) is 24.0 Å². The highest BCUT2D eigenvalue weighted by Crippen LogP contribution is 2.15. The Bertz CT molecular complexity index is 613. The lowest BCUT2D eigenvalue weighted by Crippen LogP contribution is -2.15. The highest BCUT2D eigenvalue weighted by Gasteiger charge is 2.11. The second-order valence-corrected chi connectivity index (χ2v) is 4.13. The molecular formula is C14H14FN3O. The van der Waals surface area contributed by atoms with Crippen LogP contribution >= 0.6 is 0 Å². The van der Waals surface area contributed by atoms with Crippen molar-refractivity contribution in [3.05, 3.63) is 59.2 Å². The van der Waals surface area contributed by atoms with E-state index in [1.807, 2.05) is 0 Å². The molecular weight excluding hydrogens is 245 g/mol. The fraction of sp³-hybridized carbons (Fsp3) is 0.143. The maximum absolute atomic E-state index is 13.3. The third kappa shape index (κ3) is 2.95. The number of benzene rings is 1. The summed E-state index contributed by atoms with van der Waals surface area (Å²) in [4.78, 5) is 16.0. The van der Waals surface area contributed by atoms with Crippen molar-refractivity contribution < 1.29 is 9.18 Å². The molecule has 0 unspecified atom stereocenters. The van der Waals surface area contributed by atoms with Gasteiger partial charge in [0.2, 0.25) is 0 Å². The molecule has 0 aliphatic rings.